The van der Waals surface area contributed by atoms with Gasteiger partial charge in [-0.3, -0.25) is 9.48 Å². The number of fused-ring (bicyclic) bond motifs is 3. The summed E-state index contributed by atoms with van der Waals surface area (Å²) >= 11 is 0. The van der Waals surface area contributed by atoms with Gasteiger partial charge in [0.1, 0.15) is 17.4 Å². The molecule has 9 nitrogen and oxygen atoms in total. The lowest BCUT2D eigenvalue weighted by molar-refractivity contribution is -0.131. The van der Waals surface area contributed by atoms with Crippen LogP contribution in [0.4, 0.5) is 5.82 Å². The molecule has 3 aromatic rings. The molecule has 1 amide bonds. The first-order chi connectivity index (χ1) is 14.8. The normalized spacial score (nSPS) is 17.4. The quantitative estimate of drug-likeness (QED) is 0.449. The van der Waals surface area contributed by atoms with Crippen LogP contribution in [0.5, 0.6) is 0 Å². The minimum atomic E-state index is -0.526. The Kier molecular flexibility index (Phi) is 5.36. The highest BCUT2D eigenvalue weighted by molar-refractivity contribution is 6.08. The Labute approximate surface area is 179 Å². The SMILES string of the molecule is CC(C)(Cn1cc2c(N)nc3cc(/C(N)=C/C=N)ccc3c2n1)NC(=O)C1CCCO1. The molecule has 0 bridgehead atoms. The third kappa shape index (κ3) is 4.22. The first-order valence-corrected chi connectivity index (χ1v) is 10.2. The topological polar surface area (TPSA) is 145 Å². The van der Waals surface area contributed by atoms with Gasteiger partial charge in [0.25, 0.3) is 0 Å². The van der Waals surface area contributed by atoms with E-state index in [2.05, 4.69) is 10.3 Å². The number of nitrogens with zero attached hydrogens (tertiary/aromatic N) is 3. The van der Waals surface area contributed by atoms with Crippen molar-refractivity contribution in [3.8, 4) is 0 Å². The summed E-state index contributed by atoms with van der Waals surface area (Å²) in [6, 6.07) is 5.62. The second kappa shape index (κ2) is 7.99. The Morgan fingerprint density at radius 2 is 2.23 bits per heavy atom. The molecule has 1 unspecified atom stereocenters. The summed E-state index contributed by atoms with van der Waals surface area (Å²) in [6.07, 6.45) is 5.81. The average molecular weight is 422 g/mol. The van der Waals surface area contributed by atoms with Crippen LogP contribution in [-0.4, -0.2) is 45.1 Å². The number of carbonyl (C=O) groups is 1. The van der Waals surface area contributed by atoms with Gasteiger partial charge in [-0.15, -0.1) is 0 Å². The highest BCUT2D eigenvalue weighted by atomic mass is 16.5. The highest BCUT2D eigenvalue weighted by Gasteiger charge is 2.29. The second-order valence-electron chi connectivity index (χ2n) is 8.48. The molecule has 1 atom stereocenters. The molecule has 1 aromatic carbocycles. The molecule has 3 heterocycles. The number of aromatic nitrogens is 3. The van der Waals surface area contributed by atoms with Crippen LogP contribution in [0.1, 0.15) is 32.3 Å². The van der Waals surface area contributed by atoms with Crippen LogP contribution in [0.15, 0.2) is 30.5 Å². The van der Waals surface area contributed by atoms with E-state index in [-0.39, 0.29) is 12.0 Å². The van der Waals surface area contributed by atoms with Crippen molar-refractivity contribution in [1.82, 2.24) is 20.1 Å². The van der Waals surface area contributed by atoms with Crippen LogP contribution in [0.25, 0.3) is 27.5 Å². The molecule has 9 heteroatoms. The molecule has 4 rings (SSSR count). The second-order valence-corrected chi connectivity index (χ2v) is 8.48. The van der Waals surface area contributed by atoms with Crippen LogP contribution in [-0.2, 0) is 16.1 Å². The zero-order chi connectivity index (χ0) is 22.2. The summed E-state index contributed by atoms with van der Waals surface area (Å²) in [4.78, 5) is 17.0. The predicted molar refractivity (Wildman–Crippen MR) is 122 cm³/mol. The molecular formula is C22H27N7O2. The van der Waals surface area contributed by atoms with E-state index in [0.717, 1.165) is 40.9 Å². The Bertz CT molecular complexity index is 1190. The fraction of sp³-hybridized carbons (Fsp3) is 0.364. The van der Waals surface area contributed by atoms with Crippen molar-refractivity contribution >= 4 is 45.4 Å². The fourth-order valence-electron chi connectivity index (χ4n) is 3.91. The molecule has 0 radical (unpaired) electrons. The summed E-state index contributed by atoms with van der Waals surface area (Å²) in [6.45, 7) is 5.01. The van der Waals surface area contributed by atoms with Crippen molar-refractivity contribution in [3.05, 3.63) is 36.0 Å². The molecule has 2 aromatic heterocycles. The number of allylic oxidation sites excluding steroid dienone is 1. The molecule has 0 saturated carbocycles. The van der Waals surface area contributed by atoms with Crippen LogP contribution >= 0.6 is 0 Å². The van der Waals surface area contributed by atoms with Gasteiger partial charge in [-0.05, 0) is 50.5 Å². The van der Waals surface area contributed by atoms with Crippen molar-refractivity contribution in [2.45, 2.75) is 44.9 Å². The van der Waals surface area contributed by atoms with E-state index < -0.39 is 5.54 Å². The van der Waals surface area contributed by atoms with Gasteiger partial charge in [-0.1, -0.05) is 6.07 Å². The number of carbonyl (C=O) groups excluding carboxylic acids is 1. The number of hydrogen-bond donors (Lipinski definition) is 4. The van der Waals surface area contributed by atoms with Gasteiger partial charge < -0.3 is 26.9 Å². The van der Waals surface area contributed by atoms with E-state index in [0.29, 0.717) is 30.2 Å². The predicted octanol–water partition coefficient (Wildman–Crippen LogP) is 2.19. The van der Waals surface area contributed by atoms with Gasteiger partial charge in [-0.2, -0.15) is 5.10 Å². The number of amides is 1. The summed E-state index contributed by atoms with van der Waals surface area (Å²) < 4.78 is 7.27. The molecule has 1 aliphatic heterocycles. The van der Waals surface area contributed by atoms with E-state index in [1.807, 2.05) is 38.2 Å². The van der Waals surface area contributed by atoms with E-state index in [1.54, 1.807) is 4.68 Å². The van der Waals surface area contributed by atoms with E-state index in [9.17, 15) is 4.79 Å². The molecule has 0 aliphatic carbocycles. The zero-order valence-electron chi connectivity index (χ0n) is 17.7. The van der Waals surface area contributed by atoms with Crippen molar-refractivity contribution in [2.24, 2.45) is 5.73 Å². The van der Waals surface area contributed by atoms with Gasteiger partial charge in [-0.25, -0.2) is 4.98 Å². The van der Waals surface area contributed by atoms with Gasteiger partial charge in [0.15, 0.2) is 0 Å². The molecule has 0 spiro atoms. The Hall–Kier alpha value is -3.46. The molecular weight excluding hydrogens is 394 g/mol. The lowest BCUT2D eigenvalue weighted by Crippen LogP contribution is -2.50. The summed E-state index contributed by atoms with van der Waals surface area (Å²) in [5.41, 5.74) is 14.3. The summed E-state index contributed by atoms with van der Waals surface area (Å²) in [7, 11) is 0. The lowest BCUT2D eigenvalue weighted by Gasteiger charge is -2.27. The smallest absolute Gasteiger partial charge is 0.249 e. The minimum Gasteiger partial charge on any atom is -0.398 e. The third-order valence-electron chi connectivity index (χ3n) is 5.37. The maximum atomic E-state index is 12.5. The first-order valence-electron chi connectivity index (χ1n) is 10.2. The number of ether oxygens (including phenoxy) is 1. The van der Waals surface area contributed by atoms with Gasteiger partial charge in [0.2, 0.25) is 5.91 Å². The number of pyridine rings is 1. The number of nitrogens with two attached hydrogens (primary N) is 2. The van der Waals surface area contributed by atoms with Gasteiger partial charge in [0.05, 0.1) is 23.0 Å². The number of nitrogen functional groups attached to an aromatic ring is 1. The van der Waals surface area contributed by atoms with Crippen LogP contribution in [0.3, 0.4) is 0 Å². The van der Waals surface area contributed by atoms with Crippen molar-refractivity contribution < 1.29 is 9.53 Å². The average Bonchev–Trinajstić information content (AvgIpc) is 3.37. The largest absolute Gasteiger partial charge is 0.398 e. The standard InChI is InChI=1S/C22H27N7O2/c1-22(2,27-21(30)18-4-3-9-31-18)12-29-11-15-19(28-29)14-6-5-13(16(24)7-8-23)10-17(14)26-20(15)25/h5-8,10-11,18,23H,3-4,9,12,24H2,1-2H3,(H2,25,26)(H,27,30)/b16-7-,23-8?. The number of hydrogen-bond acceptors (Lipinski definition) is 7. The van der Waals surface area contributed by atoms with Crippen LogP contribution in [0, 0.1) is 5.41 Å². The Morgan fingerprint density at radius 1 is 1.42 bits per heavy atom. The van der Waals surface area contributed by atoms with E-state index >= 15 is 0 Å². The maximum Gasteiger partial charge on any atom is 0.249 e. The maximum absolute atomic E-state index is 12.5. The summed E-state index contributed by atoms with van der Waals surface area (Å²) in [5.74, 6) is 0.288. The third-order valence-corrected chi connectivity index (χ3v) is 5.37. The van der Waals surface area contributed by atoms with Crippen molar-refractivity contribution in [2.75, 3.05) is 12.3 Å². The number of benzene rings is 1. The number of nitrogens with one attached hydrogen (secondary N) is 2. The van der Waals surface area contributed by atoms with Crippen LogP contribution < -0.4 is 16.8 Å². The molecule has 31 heavy (non-hydrogen) atoms. The van der Waals surface area contributed by atoms with E-state index in [4.69, 9.17) is 26.7 Å². The molecule has 162 valence electrons. The lowest BCUT2D eigenvalue weighted by atomic mass is 10.0. The molecule has 1 aliphatic rings. The fourth-order valence-corrected chi connectivity index (χ4v) is 3.91. The van der Waals surface area contributed by atoms with E-state index in [1.165, 1.54) is 6.08 Å². The Balaban J connectivity index is 1.64. The number of anilines is 1. The zero-order valence-corrected chi connectivity index (χ0v) is 17.7. The first kappa shape index (κ1) is 20.8. The molecule has 1 saturated heterocycles. The Morgan fingerprint density at radius 3 is 2.94 bits per heavy atom. The minimum absolute atomic E-state index is 0.0889. The molecule has 1 fully saturated rings. The number of rotatable bonds is 6. The van der Waals surface area contributed by atoms with Crippen molar-refractivity contribution in [1.29, 1.82) is 5.41 Å². The monoisotopic (exact) mass is 421 g/mol. The van der Waals surface area contributed by atoms with Gasteiger partial charge >= 0.3 is 0 Å². The highest BCUT2D eigenvalue weighted by Crippen LogP contribution is 2.29. The molecule has 6 N–H and O–H groups in total. The van der Waals surface area contributed by atoms with Crippen LogP contribution in [0.2, 0.25) is 0 Å². The van der Waals surface area contributed by atoms with Gasteiger partial charge in [0, 0.05) is 30.1 Å². The summed E-state index contributed by atoms with van der Waals surface area (Å²) in [5, 5.41) is 16.6. The van der Waals surface area contributed by atoms with Crippen molar-refractivity contribution in [3.63, 3.8) is 0 Å².